The van der Waals surface area contributed by atoms with E-state index in [0.29, 0.717) is 23.5 Å². The van der Waals surface area contributed by atoms with Crippen LogP contribution in [0.3, 0.4) is 0 Å². The second-order valence-electron chi connectivity index (χ2n) is 8.43. The molecule has 2 aromatic heterocycles. The number of nitrogens with zero attached hydrogens (tertiary/aromatic N) is 5. The largest absolute Gasteiger partial charge is 0.393 e. The maximum atomic E-state index is 13.5. The van der Waals surface area contributed by atoms with Crippen molar-refractivity contribution in [3.05, 3.63) is 11.6 Å². The normalized spacial score (nSPS) is 31.3. The summed E-state index contributed by atoms with van der Waals surface area (Å²) in [6.07, 6.45) is 7.53. The molecule has 5 rings (SSSR count). The lowest BCUT2D eigenvalue weighted by molar-refractivity contribution is -0.139. The fourth-order valence-electron chi connectivity index (χ4n) is 5.27. The Morgan fingerprint density at radius 1 is 1.18 bits per heavy atom. The minimum atomic E-state index is -0.353. The maximum Gasteiger partial charge on any atom is 0.230 e. The fourth-order valence-corrected chi connectivity index (χ4v) is 5.44. The molecule has 4 heterocycles. The number of fused-ring (bicyclic) bond motifs is 1. The number of aromatic amines is 1. The number of H-pyrrole nitrogens is 1. The third-order valence-corrected chi connectivity index (χ3v) is 6.93. The summed E-state index contributed by atoms with van der Waals surface area (Å²) in [6.45, 7) is 2.29. The average molecular weight is 405 g/mol. The molecule has 3 aliphatic rings. The number of rotatable bonds is 2. The highest BCUT2D eigenvalue weighted by molar-refractivity contribution is 6.28. The third kappa shape index (κ3) is 2.93. The van der Waals surface area contributed by atoms with Gasteiger partial charge in [0.1, 0.15) is 0 Å². The number of nitrogens with one attached hydrogen (secondary N) is 1. The first-order valence-electron chi connectivity index (χ1n) is 10.2. The van der Waals surface area contributed by atoms with Gasteiger partial charge in [-0.25, -0.2) is 4.98 Å². The number of anilines is 1. The monoisotopic (exact) mass is 404 g/mol. The van der Waals surface area contributed by atoms with E-state index >= 15 is 0 Å². The standard InChI is InChI=1S/C19H25ClN6O2/c20-18-23-15-14(21-11-22-15)16(24-18)25-8-1-6-19(10-25)7-9-26(17(19)28)12-2-4-13(27)5-3-12/h11-13,27H,1-10H2,(H,21,22,23,24)/t12-,13-,19-/m1/s1. The van der Waals surface area contributed by atoms with Gasteiger partial charge in [-0.3, -0.25) is 4.79 Å². The van der Waals surface area contributed by atoms with Crippen molar-refractivity contribution in [2.24, 2.45) is 5.41 Å². The zero-order valence-electron chi connectivity index (χ0n) is 15.8. The predicted octanol–water partition coefficient (Wildman–Crippen LogP) is 2.13. The second-order valence-corrected chi connectivity index (χ2v) is 8.77. The Bertz CT molecular complexity index is 896. The second kappa shape index (κ2) is 6.84. The van der Waals surface area contributed by atoms with E-state index < -0.39 is 0 Å². The van der Waals surface area contributed by atoms with Gasteiger partial charge in [0, 0.05) is 25.7 Å². The van der Waals surface area contributed by atoms with Gasteiger partial charge in [-0.05, 0) is 56.5 Å². The number of carbonyl (C=O) groups is 1. The topological polar surface area (TPSA) is 98.2 Å². The Labute approximate surface area is 168 Å². The first kappa shape index (κ1) is 18.1. The van der Waals surface area contributed by atoms with Crippen LogP contribution in [0.25, 0.3) is 11.2 Å². The number of hydrogen-bond acceptors (Lipinski definition) is 6. The van der Waals surface area contributed by atoms with E-state index in [1.165, 1.54) is 0 Å². The first-order valence-corrected chi connectivity index (χ1v) is 10.5. The maximum absolute atomic E-state index is 13.5. The minimum absolute atomic E-state index is 0.187. The van der Waals surface area contributed by atoms with E-state index in [-0.39, 0.29) is 28.8 Å². The number of carbonyl (C=O) groups excluding carboxylic acids is 1. The summed E-state index contributed by atoms with van der Waals surface area (Å²) < 4.78 is 0. The van der Waals surface area contributed by atoms with E-state index in [1.807, 2.05) is 0 Å². The lowest BCUT2D eigenvalue weighted by Crippen LogP contribution is -2.50. The molecule has 2 saturated heterocycles. The summed E-state index contributed by atoms with van der Waals surface area (Å²) in [7, 11) is 0. The molecular weight excluding hydrogens is 380 g/mol. The van der Waals surface area contributed by atoms with Crippen LogP contribution >= 0.6 is 11.6 Å². The highest BCUT2D eigenvalue weighted by Crippen LogP contribution is 2.43. The summed E-state index contributed by atoms with van der Waals surface area (Å²) in [5.74, 6) is 0.986. The van der Waals surface area contributed by atoms with E-state index in [2.05, 4.69) is 29.7 Å². The molecule has 150 valence electrons. The van der Waals surface area contributed by atoms with E-state index in [0.717, 1.165) is 58.0 Å². The highest BCUT2D eigenvalue weighted by atomic mass is 35.5. The van der Waals surface area contributed by atoms with Crippen molar-refractivity contribution in [2.75, 3.05) is 24.5 Å². The number of aliphatic hydroxyl groups is 1. The van der Waals surface area contributed by atoms with Crippen molar-refractivity contribution in [1.29, 1.82) is 0 Å². The molecule has 1 atom stereocenters. The molecule has 0 bridgehead atoms. The Balaban J connectivity index is 1.39. The van der Waals surface area contributed by atoms with Crippen molar-refractivity contribution in [3.8, 4) is 0 Å². The number of imidazole rings is 1. The van der Waals surface area contributed by atoms with Gasteiger partial charge in [-0.15, -0.1) is 0 Å². The summed E-state index contributed by atoms with van der Waals surface area (Å²) in [5, 5.41) is 9.97. The number of piperidine rings is 1. The van der Waals surface area contributed by atoms with Crippen molar-refractivity contribution < 1.29 is 9.90 Å². The van der Waals surface area contributed by atoms with Crippen LogP contribution in [-0.2, 0) is 4.79 Å². The molecule has 0 unspecified atom stereocenters. The van der Waals surface area contributed by atoms with Gasteiger partial charge in [0.15, 0.2) is 17.0 Å². The highest BCUT2D eigenvalue weighted by Gasteiger charge is 2.51. The smallest absolute Gasteiger partial charge is 0.230 e. The molecule has 2 aliphatic heterocycles. The lowest BCUT2D eigenvalue weighted by atomic mass is 9.78. The van der Waals surface area contributed by atoms with Crippen LogP contribution in [0.1, 0.15) is 44.9 Å². The van der Waals surface area contributed by atoms with Crippen molar-refractivity contribution >= 4 is 34.5 Å². The van der Waals surface area contributed by atoms with Gasteiger partial charge >= 0.3 is 0 Å². The molecule has 1 aliphatic carbocycles. The van der Waals surface area contributed by atoms with Crippen LogP contribution in [-0.4, -0.2) is 67.6 Å². The minimum Gasteiger partial charge on any atom is -0.393 e. The molecule has 1 spiro atoms. The number of aromatic nitrogens is 4. The Kier molecular flexibility index (Phi) is 4.43. The fraction of sp³-hybridized carbons (Fsp3) is 0.684. The molecular formula is C19H25ClN6O2. The summed E-state index contributed by atoms with van der Waals surface area (Å²) in [4.78, 5) is 33.7. The number of halogens is 1. The summed E-state index contributed by atoms with van der Waals surface area (Å²) >= 11 is 6.12. The van der Waals surface area contributed by atoms with Gasteiger partial charge in [0.25, 0.3) is 0 Å². The zero-order chi connectivity index (χ0) is 19.3. The van der Waals surface area contributed by atoms with E-state index in [4.69, 9.17) is 11.6 Å². The van der Waals surface area contributed by atoms with Gasteiger partial charge in [0.05, 0.1) is 17.8 Å². The number of aliphatic hydroxyl groups excluding tert-OH is 1. The van der Waals surface area contributed by atoms with Gasteiger partial charge in [-0.2, -0.15) is 9.97 Å². The molecule has 2 N–H and O–H groups in total. The first-order chi connectivity index (χ1) is 13.6. The van der Waals surface area contributed by atoms with Crippen LogP contribution in [0.4, 0.5) is 5.82 Å². The van der Waals surface area contributed by atoms with Crippen molar-refractivity contribution in [2.45, 2.75) is 57.1 Å². The molecule has 1 amide bonds. The molecule has 8 nitrogen and oxygen atoms in total. The Morgan fingerprint density at radius 3 is 2.82 bits per heavy atom. The Morgan fingerprint density at radius 2 is 2.00 bits per heavy atom. The molecule has 28 heavy (non-hydrogen) atoms. The molecule has 9 heteroatoms. The van der Waals surface area contributed by atoms with E-state index in [1.54, 1.807) is 6.33 Å². The molecule has 0 radical (unpaired) electrons. The van der Waals surface area contributed by atoms with Crippen LogP contribution in [0.2, 0.25) is 5.28 Å². The lowest BCUT2D eigenvalue weighted by Gasteiger charge is -2.40. The molecule has 2 aromatic rings. The summed E-state index contributed by atoms with van der Waals surface area (Å²) in [6, 6.07) is 0.275. The van der Waals surface area contributed by atoms with Crippen molar-refractivity contribution in [3.63, 3.8) is 0 Å². The van der Waals surface area contributed by atoms with Crippen LogP contribution < -0.4 is 4.90 Å². The van der Waals surface area contributed by atoms with Crippen molar-refractivity contribution in [1.82, 2.24) is 24.8 Å². The molecule has 1 saturated carbocycles. The van der Waals surface area contributed by atoms with Crippen LogP contribution in [0, 0.1) is 5.41 Å². The number of likely N-dealkylation sites (tertiary alicyclic amines) is 1. The molecule has 3 fully saturated rings. The van der Waals surface area contributed by atoms with E-state index in [9.17, 15) is 9.90 Å². The SMILES string of the molecule is O=C1N([C@H]2CC[C@H](O)CC2)CC[C@@]12CCCN(c1nc(Cl)nc3[nH]cnc13)C2. The van der Waals surface area contributed by atoms with Crippen LogP contribution in [0.15, 0.2) is 6.33 Å². The molecule has 0 aromatic carbocycles. The number of amides is 1. The predicted molar refractivity (Wildman–Crippen MR) is 105 cm³/mol. The third-order valence-electron chi connectivity index (χ3n) is 6.76. The zero-order valence-corrected chi connectivity index (χ0v) is 16.5. The quantitative estimate of drug-likeness (QED) is 0.744. The Hall–Kier alpha value is -1.93. The average Bonchev–Trinajstić information content (AvgIpc) is 3.28. The van der Waals surface area contributed by atoms with Crippen LogP contribution in [0.5, 0.6) is 0 Å². The summed E-state index contributed by atoms with van der Waals surface area (Å²) in [5.41, 5.74) is 0.966. The van der Waals surface area contributed by atoms with Gasteiger partial charge in [0.2, 0.25) is 11.2 Å². The van der Waals surface area contributed by atoms with Gasteiger partial charge < -0.3 is 19.9 Å². The van der Waals surface area contributed by atoms with Gasteiger partial charge in [-0.1, -0.05) is 0 Å². The number of hydrogen-bond donors (Lipinski definition) is 2.